The van der Waals surface area contributed by atoms with Gasteiger partial charge in [-0.3, -0.25) is 4.79 Å². The van der Waals surface area contributed by atoms with Gasteiger partial charge in [0.2, 0.25) is 5.91 Å². The average molecular weight is 281 g/mol. The lowest BCUT2D eigenvalue weighted by atomic mass is 10.1. The quantitative estimate of drug-likeness (QED) is 0.936. The first-order valence-electron chi connectivity index (χ1n) is 7.66. The lowest BCUT2D eigenvalue weighted by molar-refractivity contribution is -0.123. The third kappa shape index (κ3) is 2.46. The van der Waals surface area contributed by atoms with Crippen LogP contribution >= 0.6 is 0 Å². The number of rotatable bonds is 3. The van der Waals surface area contributed by atoms with Crippen molar-refractivity contribution >= 4 is 5.91 Å². The summed E-state index contributed by atoms with van der Waals surface area (Å²) < 4.78 is 2.15. The summed E-state index contributed by atoms with van der Waals surface area (Å²) in [5, 5.41) is 3.22. The van der Waals surface area contributed by atoms with E-state index < -0.39 is 0 Å². The van der Waals surface area contributed by atoms with Crippen LogP contribution in [0.5, 0.6) is 0 Å². The molecule has 1 aromatic heterocycles. The van der Waals surface area contributed by atoms with Gasteiger partial charge in [0.1, 0.15) is 5.82 Å². The van der Waals surface area contributed by atoms with E-state index in [0.717, 1.165) is 31.6 Å². The van der Waals surface area contributed by atoms with Crippen molar-refractivity contribution in [3.05, 3.63) is 54.1 Å². The lowest BCUT2D eigenvalue weighted by Crippen LogP contribution is -2.41. The van der Waals surface area contributed by atoms with Crippen LogP contribution in [-0.4, -0.2) is 21.5 Å². The van der Waals surface area contributed by atoms with E-state index in [2.05, 4.69) is 27.0 Å². The molecule has 0 bridgehead atoms. The second kappa shape index (κ2) is 5.02. The van der Waals surface area contributed by atoms with E-state index in [1.54, 1.807) is 0 Å². The zero-order chi connectivity index (χ0) is 14.2. The Bertz CT molecular complexity index is 649. The van der Waals surface area contributed by atoms with Crippen molar-refractivity contribution in [2.45, 2.75) is 37.8 Å². The molecule has 4 heteroatoms. The van der Waals surface area contributed by atoms with E-state index in [1.807, 2.05) is 30.6 Å². The highest BCUT2D eigenvalue weighted by atomic mass is 16.2. The molecule has 1 aliphatic heterocycles. The fourth-order valence-electron chi connectivity index (χ4n) is 3.35. The highest BCUT2D eigenvalue weighted by Crippen LogP contribution is 2.47. The van der Waals surface area contributed by atoms with Gasteiger partial charge in [-0.2, -0.15) is 0 Å². The maximum Gasteiger partial charge on any atom is 0.224 e. The lowest BCUT2D eigenvalue weighted by Gasteiger charge is -2.24. The number of hydrogen-bond donors (Lipinski definition) is 1. The van der Waals surface area contributed by atoms with Crippen LogP contribution in [0, 0.1) is 5.92 Å². The highest BCUT2D eigenvalue weighted by molar-refractivity contribution is 5.83. The minimum absolute atomic E-state index is 0.164. The molecule has 1 aromatic carbocycles. The van der Waals surface area contributed by atoms with Gasteiger partial charge in [-0.25, -0.2) is 4.98 Å². The van der Waals surface area contributed by atoms with E-state index in [9.17, 15) is 4.79 Å². The van der Waals surface area contributed by atoms with Gasteiger partial charge >= 0.3 is 0 Å². The van der Waals surface area contributed by atoms with Crippen LogP contribution in [-0.2, 0) is 17.8 Å². The normalized spacial score (nSPS) is 27.0. The molecule has 4 rings (SSSR count). The molecule has 0 radical (unpaired) electrons. The number of amides is 1. The number of carbonyl (C=O) groups excluding carboxylic acids is 1. The first-order valence-corrected chi connectivity index (χ1v) is 7.66. The molecule has 2 aromatic rings. The second-order valence-electron chi connectivity index (χ2n) is 6.10. The summed E-state index contributed by atoms with van der Waals surface area (Å²) >= 11 is 0. The van der Waals surface area contributed by atoms with Gasteiger partial charge in [-0.15, -0.1) is 0 Å². The zero-order valence-electron chi connectivity index (χ0n) is 11.9. The first-order chi connectivity index (χ1) is 10.3. The molecular weight excluding hydrogens is 262 g/mol. The van der Waals surface area contributed by atoms with E-state index >= 15 is 0 Å². The van der Waals surface area contributed by atoms with Crippen molar-refractivity contribution in [1.29, 1.82) is 0 Å². The molecule has 1 aliphatic carbocycles. The first kappa shape index (κ1) is 12.6. The van der Waals surface area contributed by atoms with Crippen LogP contribution in [0.15, 0.2) is 42.7 Å². The van der Waals surface area contributed by atoms with E-state index in [-0.39, 0.29) is 17.9 Å². The van der Waals surface area contributed by atoms with E-state index in [0.29, 0.717) is 5.92 Å². The van der Waals surface area contributed by atoms with Gasteiger partial charge in [0.15, 0.2) is 0 Å². The minimum atomic E-state index is 0.164. The van der Waals surface area contributed by atoms with Crippen molar-refractivity contribution < 1.29 is 4.79 Å². The standard InChI is InChI=1S/C17H19N3O/c21-17(15-10-14(15)12-4-2-1-3-5-12)19-13-6-7-16-18-8-9-20(16)11-13/h1-5,8-9,13-15H,6-7,10-11H2,(H,19,21). The maximum atomic E-state index is 12.4. The number of aryl methyl sites for hydroxylation is 1. The van der Waals surface area contributed by atoms with E-state index in [1.165, 1.54) is 5.56 Å². The molecule has 1 N–H and O–H groups in total. The SMILES string of the molecule is O=C(NC1CCc2nccn2C1)C1CC1c1ccccc1. The maximum absolute atomic E-state index is 12.4. The summed E-state index contributed by atoms with van der Waals surface area (Å²) in [4.78, 5) is 16.7. The molecule has 108 valence electrons. The number of imidazole rings is 1. The number of aromatic nitrogens is 2. The summed E-state index contributed by atoms with van der Waals surface area (Å²) in [5.74, 6) is 1.93. The van der Waals surface area contributed by atoms with Crippen LogP contribution in [0.4, 0.5) is 0 Å². The Morgan fingerprint density at radius 1 is 1.29 bits per heavy atom. The summed E-state index contributed by atoms with van der Waals surface area (Å²) in [5.41, 5.74) is 1.29. The second-order valence-corrected chi connectivity index (χ2v) is 6.10. The molecule has 1 fully saturated rings. The fraction of sp³-hybridized carbons (Fsp3) is 0.412. The molecule has 21 heavy (non-hydrogen) atoms. The molecule has 0 saturated heterocycles. The van der Waals surface area contributed by atoms with Crippen molar-refractivity contribution in [3.63, 3.8) is 0 Å². The Labute approximate surface area is 124 Å². The number of nitrogens with one attached hydrogen (secondary N) is 1. The summed E-state index contributed by atoms with van der Waals surface area (Å²) in [7, 11) is 0. The minimum Gasteiger partial charge on any atom is -0.351 e. The number of benzene rings is 1. The van der Waals surface area contributed by atoms with E-state index in [4.69, 9.17) is 0 Å². The molecule has 1 saturated carbocycles. The smallest absolute Gasteiger partial charge is 0.224 e. The molecule has 4 nitrogen and oxygen atoms in total. The van der Waals surface area contributed by atoms with Gasteiger partial charge < -0.3 is 9.88 Å². The number of carbonyl (C=O) groups is 1. The summed E-state index contributed by atoms with van der Waals surface area (Å²) in [6.07, 6.45) is 6.76. The molecule has 2 heterocycles. The Morgan fingerprint density at radius 3 is 3.00 bits per heavy atom. The Hall–Kier alpha value is -2.10. The molecule has 1 amide bonds. The third-order valence-corrected chi connectivity index (χ3v) is 4.64. The van der Waals surface area contributed by atoms with Gasteiger partial charge in [0.25, 0.3) is 0 Å². The number of hydrogen-bond acceptors (Lipinski definition) is 2. The Morgan fingerprint density at radius 2 is 2.14 bits per heavy atom. The van der Waals surface area contributed by atoms with Crippen LogP contribution < -0.4 is 5.32 Å². The van der Waals surface area contributed by atoms with Crippen molar-refractivity contribution in [3.8, 4) is 0 Å². The monoisotopic (exact) mass is 281 g/mol. The summed E-state index contributed by atoms with van der Waals surface area (Å²) in [6.45, 7) is 0.851. The topological polar surface area (TPSA) is 46.9 Å². The molecule has 0 spiro atoms. The molecule has 3 unspecified atom stereocenters. The van der Waals surface area contributed by atoms with Crippen LogP contribution in [0.1, 0.15) is 30.1 Å². The fourth-order valence-corrected chi connectivity index (χ4v) is 3.35. The number of nitrogens with zero attached hydrogens (tertiary/aromatic N) is 2. The predicted octanol–water partition coefficient (Wildman–Crippen LogP) is 2.12. The van der Waals surface area contributed by atoms with Gasteiger partial charge in [0, 0.05) is 37.3 Å². The van der Waals surface area contributed by atoms with Crippen molar-refractivity contribution in [2.24, 2.45) is 5.92 Å². The molecule has 3 atom stereocenters. The Balaban J connectivity index is 1.36. The predicted molar refractivity (Wildman–Crippen MR) is 79.8 cm³/mol. The van der Waals surface area contributed by atoms with Gasteiger partial charge in [0.05, 0.1) is 0 Å². The third-order valence-electron chi connectivity index (χ3n) is 4.64. The number of fused-ring (bicyclic) bond motifs is 1. The van der Waals surface area contributed by atoms with Crippen LogP contribution in [0.2, 0.25) is 0 Å². The van der Waals surface area contributed by atoms with Crippen molar-refractivity contribution in [1.82, 2.24) is 14.9 Å². The summed E-state index contributed by atoms with van der Waals surface area (Å²) in [6, 6.07) is 10.6. The van der Waals surface area contributed by atoms with Gasteiger partial charge in [-0.05, 0) is 24.3 Å². The largest absolute Gasteiger partial charge is 0.351 e. The van der Waals surface area contributed by atoms with Crippen molar-refractivity contribution in [2.75, 3.05) is 0 Å². The van der Waals surface area contributed by atoms with Gasteiger partial charge in [-0.1, -0.05) is 30.3 Å². The zero-order valence-corrected chi connectivity index (χ0v) is 11.9. The average Bonchev–Trinajstić information content (AvgIpc) is 3.19. The molecule has 2 aliphatic rings. The van der Waals surface area contributed by atoms with Crippen LogP contribution in [0.3, 0.4) is 0 Å². The highest BCUT2D eigenvalue weighted by Gasteiger charge is 2.44. The van der Waals surface area contributed by atoms with Crippen LogP contribution in [0.25, 0.3) is 0 Å². The Kier molecular flexibility index (Phi) is 3.02. The molecular formula is C17H19N3O.